The monoisotopic (exact) mass is 269 g/mol. The van der Waals surface area contributed by atoms with Crippen molar-refractivity contribution in [2.45, 2.75) is 45.1 Å². The Balaban J connectivity index is 1.92. The summed E-state index contributed by atoms with van der Waals surface area (Å²) in [6, 6.07) is 0.629. The van der Waals surface area contributed by atoms with Crippen LogP contribution >= 0.6 is 12.2 Å². The summed E-state index contributed by atoms with van der Waals surface area (Å²) in [7, 11) is 0. The van der Waals surface area contributed by atoms with E-state index >= 15 is 0 Å². The molecule has 1 unspecified atom stereocenters. The third kappa shape index (κ3) is 3.57. The Hall–Kier alpha value is -0.840. The lowest BCUT2D eigenvalue weighted by Gasteiger charge is -2.35. The van der Waals surface area contributed by atoms with Crippen LogP contribution < -0.4 is 5.73 Å². The van der Waals surface area contributed by atoms with E-state index in [2.05, 4.69) is 6.92 Å². The van der Waals surface area contributed by atoms with Crippen LogP contribution in [0.5, 0.6) is 0 Å². The maximum atomic E-state index is 12.5. The van der Waals surface area contributed by atoms with Crippen LogP contribution in [0.25, 0.3) is 0 Å². The molecule has 4 nitrogen and oxygen atoms in total. The molecule has 0 aromatic heterocycles. The minimum absolute atomic E-state index is 0.195. The number of piperidine rings is 1. The molecule has 2 amide bonds. The predicted octanol–water partition coefficient (Wildman–Crippen LogP) is 1.98. The van der Waals surface area contributed by atoms with Crippen LogP contribution in [0.3, 0.4) is 0 Å². The number of amides is 2. The Kier molecular flexibility index (Phi) is 4.43. The first kappa shape index (κ1) is 13.6. The normalized spacial score (nSPS) is 23.8. The second-order valence-corrected chi connectivity index (χ2v) is 6.14. The first-order chi connectivity index (χ1) is 8.58. The summed E-state index contributed by atoms with van der Waals surface area (Å²) < 4.78 is 0. The molecule has 1 heterocycles. The van der Waals surface area contributed by atoms with Crippen molar-refractivity contribution in [2.75, 3.05) is 19.6 Å². The Morgan fingerprint density at radius 1 is 1.44 bits per heavy atom. The molecule has 1 aliphatic heterocycles. The lowest BCUT2D eigenvalue weighted by atomic mass is 10.0. The summed E-state index contributed by atoms with van der Waals surface area (Å²) in [6.07, 6.45) is 5.26. The summed E-state index contributed by atoms with van der Waals surface area (Å²) in [5.41, 5.74) is 5.54. The standard InChI is InChI=1S/C13H23N3OS/c1-10-3-2-7-15(9-10)13(17)16(11-4-5-11)8-6-12(14)18/h10-11H,2-9H2,1H3,(H2,14,18). The van der Waals surface area contributed by atoms with E-state index in [-0.39, 0.29) is 6.03 Å². The van der Waals surface area contributed by atoms with Gasteiger partial charge in [0.15, 0.2) is 0 Å². The van der Waals surface area contributed by atoms with Crippen LogP contribution in [0.2, 0.25) is 0 Å². The fraction of sp³-hybridized carbons (Fsp3) is 0.846. The highest BCUT2D eigenvalue weighted by atomic mass is 32.1. The number of urea groups is 1. The summed E-state index contributed by atoms with van der Waals surface area (Å²) in [5, 5.41) is 0. The van der Waals surface area contributed by atoms with Crippen molar-refractivity contribution in [3.05, 3.63) is 0 Å². The second kappa shape index (κ2) is 5.87. The SMILES string of the molecule is CC1CCCN(C(=O)N(CCC(N)=S)C2CC2)C1. The van der Waals surface area contributed by atoms with Crippen LogP contribution in [0.1, 0.15) is 39.0 Å². The molecule has 0 bridgehead atoms. The molecule has 2 aliphatic rings. The van der Waals surface area contributed by atoms with Gasteiger partial charge in [-0.05, 0) is 31.6 Å². The molecule has 0 aromatic carbocycles. The highest BCUT2D eigenvalue weighted by molar-refractivity contribution is 7.80. The molecule has 1 saturated carbocycles. The largest absolute Gasteiger partial charge is 0.393 e. The highest BCUT2D eigenvalue weighted by Gasteiger charge is 2.35. The van der Waals surface area contributed by atoms with E-state index in [1.807, 2.05) is 9.80 Å². The van der Waals surface area contributed by atoms with Gasteiger partial charge in [0.25, 0.3) is 0 Å². The third-order valence-corrected chi connectivity index (χ3v) is 3.96. The van der Waals surface area contributed by atoms with E-state index in [1.165, 1.54) is 6.42 Å². The zero-order chi connectivity index (χ0) is 13.1. The van der Waals surface area contributed by atoms with Crippen molar-refractivity contribution in [2.24, 2.45) is 11.7 Å². The van der Waals surface area contributed by atoms with Crippen LogP contribution in [0.4, 0.5) is 4.79 Å². The van der Waals surface area contributed by atoms with Crippen LogP contribution in [0, 0.1) is 5.92 Å². The van der Waals surface area contributed by atoms with Gasteiger partial charge in [-0.15, -0.1) is 0 Å². The molecule has 102 valence electrons. The lowest BCUT2D eigenvalue weighted by molar-refractivity contribution is 0.129. The number of carbonyl (C=O) groups excluding carboxylic acids is 1. The van der Waals surface area contributed by atoms with E-state index in [0.29, 0.717) is 29.9 Å². The second-order valence-electron chi connectivity index (χ2n) is 5.62. The van der Waals surface area contributed by atoms with Crippen molar-refractivity contribution in [3.8, 4) is 0 Å². The van der Waals surface area contributed by atoms with Gasteiger partial charge in [-0.25, -0.2) is 4.79 Å². The van der Waals surface area contributed by atoms with Crippen LogP contribution in [-0.4, -0.2) is 46.5 Å². The number of nitrogens with two attached hydrogens (primary N) is 1. The van der Waals surface area contributed by atoms with Crippen molar-refractivity contribution in [1.29, 1.82) is 0 Å². The van der Waals surface area contributed by atoms with E-state index < -0.39 is 0 Å². The molecule has 1 atom stereocenters. The van der Waals surface area contributed by atoms with Gasteiger partial charge in [-0.3, -0.25) is 0 Å². The van der Waals surface area contributed by atoms with Crippen LogP contribution in [-0.2, 0) is 0 Å². The smallest absolute Gasteiger partial charge is 0.320 e. The Morgan fingerprint density at radius 2 is 2.17 bits per heavy atom. The molecular weight excluding hydrogens is 246 g/mol. The first-order valence-corrected chi connectivity index (χ1v) is 7.32. The zero-order valence-electron chi connectivity index (χ0n) is 11.1. The van der Waals surface area contributed by atoms with Crippen molar-refractivity contribution >= 4 is 23.2 Å². The third-order valence-electron chi connectivity index (χ3n) is 3.76. The molecule has 1 saturated heterocycles. The molecule has 0 spiro atoms. The number of hydrogen-bond acceptors (Lipinski definition) is 2. The van der Waals surface area contributed by atoms with Gasteiger partial charge in [0.2, 0.25) is 0 Å². The number of hydrogen-bond donors (Lipinski definition) is 1. The molecule has 18 heavy (non-hydrogen) atoms. The molecule has 5 heteroatoms. The van der Waals surface area contributed by atoms with Gasteiger partial charge in [0.1, 0.15) is 0 Å². The fourth-order valence-electron chi connectivity index (χ4n) is 2.60. The van der Waals surface area contributed by atoms with Gasteiger partial charge < -0.3 is 15.5 Å². The van der Waals surface area contributed by atoms with Crippen molar-refractivity contribution in [1.82, 2.24) is 9.80 Å². The molecule has 2 rings (SSSR count). The Bertz CT molecular complexity index is 330. The maximum absolute atomic E-state index is 12.5. The summed E-state index contributed by atoms with van der Waals surface area (Å²) in [6.45, 7) is 4.70. The van der Waals surface area contributed by atoms with Gasteiger partial charge in [0, 0.05) is 32.1 Å². The topological polar surface area (TPSA) is 49.6 Å². The van der Waals surface area contributed by atoms with Crippen molar-refractivity contribution < 1.29 is 4.79 Å². The summed E-state index contributed by atoms with van der Waals surface area (Å²) >= 11 is 4.91. The summed E-state index contributed by atoms with van der Waals surface area (Å²) in [4.78, 5) is 17.0. The minimum Gasteiger partial charge on any atom is -0.393 e. The Morgan fingerprint density at radius 3 is 2.72 bits per heavy atom. The average molecular weight is 269 g/mol. The van der Waals surface area contributed by atoms with E-state index in [4.69, 9.17) is 18.0 Å². The van der Waals surface area contributed by atoms with Crippen LogP contribution in [0.15, 0.2) is 0 Å². The number of carbonyl (C=O) groups is 1. The average Bonchev–Trinajstić information content (AvgIpc) is 3.13. The molecule has 1 aliphatic carbocycles. The minimum atomic E-state index is 0.195. The number of thiocarbonyl (C=S) groups is 1. The number of likely N-dealkylation sites (tertiary alicyclic amines) is 1. The fourth-order valence-corrected chi connectivity index (χ4v) is 2.69. The molecule has 2 fully saturated rings. The zero-order valence-corrected chi connectivity index (χ0v) is 11.9. The summed E-state index contributed by atoms with van der Waals surface area (Å²) in [5.74, 6) is 0.624. The van der Waals surface area contributed by atoms with Gasteiger partial charge in [0.05, 0.1) is 4.99 Å². The van der Waals surface area contributed by atoms with Gasteiger partial charge in [-0.2, -0.15) is 0 Å². The van der Waals surface area contributed by atoms with E-state index in [1.54, 1.807) is 0 Å². The molecule has 0 aromatic rings. The maximum Gasteiger partial charge on any atom is 0.320 e. The quantitative estimate of drug-likeness (QED) is 0.794. The first-order valence-electron chi connectivity index (χ1n) is 6.91. The molecule has 0 radical (unpaired) electrons. The number of rotatable bonds is 4. The number of nitrogens with zero attached hydrogens (tertiary/aromatic N) is 2. The van der Waals surface area contributed by atoms with Crippen molar-refractivity contribution in [3.63, 3.8) is 0 Å². The Labute approximate surface area is 114 Å². The molecular formula is C13H23N3OS. The van der Waals surface area contributed by atoms with E-state index in [0.717, 1.165) is 32.4 Å². The lowest BCUT2D eigenvalue weighted by Crippen LogP contribution is -2.48. The predicted molar refractivity (Wildman–Crippen MR) is 76.5 cm³/mol. The molecule has 2 N–H and O–H groups in total. The van der Waals surface area contributed by atoms with E-state index in [9.17, 15) is 4.79 Å². The van der Waals surface area contributed by atoms with Gasteiger partial charge >= 0.3 is 6.03 Å². The highest BCUT2D eigenvalue weighted by Crippen LogP contribution is 2.29. The van der Waals surface area contributed by atoms with Gasteiger partial charge in [-0.1, -0.05) is 19.1 Å².